The van der Waals surface area contributed by atoms with E-state index in [-0.39, 0.29) is 16.5 Å². The first-order valence-electron chi connectivity index (χ1n) is 5.95. The highest BCUT2D eigenvalue weighted by Crippen LogP contribution is 2.34. The average molecular weight is 299 g/mol. The van der Waals surface area contributed by atoms with Gasteiger partial charge >= 0.3 is 0 Å². The summed E-state index contributed by atoms with van der Waals surface area (Å²) in [6.45, 7) is 6.23. The molecule has 2 aromatic rings. The van der Waals surface area contributed by atoms with Crippen LogP contribution in [-0.4, -0.2) is 4.98 Å². The molecule has 0 aliphatic carbocycles. The van der Waals surface area contributed by atoms with Crippen molar-refractivity contribution < 1.29 is 4.39 Å². The molecule has 0 amide bonds. The third-order valence-electron chi connectivity index (χ3n) is 2.94. The molecule has 2 rings (SSSR count). The minimum absolute atomic E-state index is 0.0461. The molecule has 1 atom stereocenters. The van der Waals surface area contributed by atoms with Gasteiger partial charge in [-0.15, -0.1) is 11.3 Å². The summed E-state index contributed by atoms with van der Waals surface area (Å²) in [7, 11) is 0. The first-order chi connectivity index (χ1) is 8.79. The Morgan fingerprint density at radius 3 is 2.63 bits per heavy atom. The zero-order valence-corrected chi connectivity index (χ0v) is 12.6. The van der Waals surface area contributed by atoms with E-state index in [1.165, 1.54) is 17.4 Å². The Kier molecular flexibility index (Phi) is 3.95. The van der Waals surface area contributed by atoms with Gasteiger partial charge in [-0.3, -0.25) is 0 Å². The lowest BCUT2D eigenvalue weighted by Crippen LogP contribution is -2.26. The number of benzene rings is 1. The maximum absolute atomic E-state index is 13.1. The van der Waals surface area contributed by atoms with Gasteiger partial charge in [0.2, 0.25) is 0 Å². The van der Waals surface area contributed by atoms with E-state index in [9.17, 15) is 4.39 Å². The van der Waals surface area contributed by atoms with Crippen molar-refractivity contribution in [3.63, 3.8) is 0 Å². The van der Waals surface area contributed by atoms with Crippen LogP contribution < -0.4 is 5.73 Å². The molecule has 0 saturated heterocycles. The molecule has 1 heterocycles. The molecule has 0 aliphatic heterocycles. The number of nitrogens with zero attached hydrogens (tertiary/aromatic N) is 1. The van der Waals surface area contributed by atoms with Gasteiger partial charge < -0.3 is 5.73 Å². The number of aromatic nitrogens is 1. The smallest absolute Gasteiger partial charge is 0.141 e. The van der Waals surface area contributed by atoms with E-state index in [0.717, 1.165) is 16.3 Å². The van der Waals surface area contributed by atoms with E-state index in [0.29, 0.717) is 0 Å². The van der Waals surface area contributed by atoms with E-state index >= 15 is 0 Å². The van der Waals surface area contributed by atoms with Crippen molar-refractivity contribution >= 4 is 22.9 Å². The maximum atomic E-state index is 13.1. The normalized spacial score (nSPS) is 13.6. The van der Waals surface area contributed by atoms with Crippen LogP contribution in [0.4, 0.5) is 4.39 Å². The van der Waals surface area contributed by atoms with Crippen LogP contribution in [0.25, 0.3) is 11.3 Å². The summed E-state index contributed by atoms with van der Waals surface area (Å²) in [4.78, 5) is 4.53. The molecule has 1 aromatic heterocycles. The van der Waals surface area contributed by atoms with Crippen molar-refractivity contribution in [1.29, 1.82) is 0 Å². The maximum Gasteiger partial charge on any atom is 0.141 e. The van der Waals surface area contributed by atoms with E-state index < -0.39 is 5.82 Å². The Labute approximate surface area is 121 Å². The van der Waals surface area contributed by atoms with Crippen LogP contribution in [0.5, 0.6) is 0 Å². The van der Waals surface area contributed by atoms with Crippen molar-refractivity contribution in [3.05, 3.63) is 39.4 Å². The summed E-state index contributed by atoms with van der Waals surface area (Å²) in [5.41, 5.74) is 7.71. The van der Waals surface area contributed by atoms with Gasteiger partial charge in [0.15, 0.2) is 0 Å². The average Bonchev–Trinajstić information content (AvgIpc) is 2.79. The minimum Gasteiger partial charge on any atom is -0.322 e. The van der Waals surface area contributed by atoms with Crippen LogP contribution in [-0.2, 0) is 0 Å². The molecule has 0 aliphatic rings. The molecule has 0 radical (unpaired) electrons. The highest BCUT2D eigenvalue weighted by Gasteiger charge is 2.25. The van der Waals surface area contributed by atoms with Gasteiger partial charge in [0.25, 0.3) is 0 Å². The van der Waals surface area contributed by atoms with Crippen LogP contribution in [0.2, 0.25) is 5.02 Å². The lowest BCUT2D eigenvalue weighted by molar-refractivity contribution is 0.326. The monoisotopic (exact) mass is 298 g/mol. The number of thiazole rings is 1. The second-order valence-electron chi connectivity index (χ2n) is 5.54. The highest BCUT2D eigenvalue weighted by molar-refractivity contribution is 7.10. The van der Waals surface area contributed by atoms with Crippen LogP contribution in [0, 0.1) is 11.2 Å². The second kappa shape index (κ2) is 5.19. The molecule has 0 saturated carbocycles. The standard InChI is InChI=1S/C14H16ClFN2S/c1-14(2,3)12(17)13-18-11(7-19-13)8-4-5-10(16)9(15)6-8/h4-7,12H,17H2,1-3H3. The van der Waals surface area contributed by atoms with Crippen molar-refractivity contribution in [2.45, 2.75) is 26.8 Å². The van der Waals surface area contributed by atoms with Gasteiger partial charge in [-0.25, -0.2) is 9.37 Å². The summed E-state index contributed by atoms with van der Waals surface area (Å²) in [6, 6.07) is 4.48. The predicted octanol–water partition coefficient (Wildman–Crippen LogP) is 4.65. The third-order valence-corrected chi connectivity index (χ3v) is 4.15. The number of halogens is 2. The first-order valence-corrected chi connectivity index (χ1v) is 7.21. The van der Waals surface area contributed by atoms with Crippen LogP contribution in [0.1, 0.15) is 31.8 Å². The summed E-state index contributed by atoms with van der Waals surface area (Å²) in [5.74, 6) is -0.424. The Bertz CT molecular complexity index is 589. The molecule has 0 spiro atoms. The molecule has 19 heavy (non-hydrogen) atoms. The van der Waals surface area contributed by atoms with E-state index in [2.05, 4.69) is 25.8 Å². The lowest BCUT2D eigenvalue weighted by Gasteiger charge is -2.24. The van der Waals surface area contributed by atoms with E-state index in [1.807, 2.05) is 5.38 Å². The lowest BCUT2D eigenvalue weighted by atomic mass is 9.88. The van der Waals surface area contributed by atoms with E-state index in [1.54, 1.807) is 12.1 Å². The largest absolute Gasteiger partial charge is 0.322 e. The molecule has 2 nitrogen and oxygen atoms in total. The minimum atomic E-state index is -0.424. The molecule has 0 fully saturated rings. The number of hydrogen-bond acceptors (Lipinski definition) is 3. The van der Waals surface area contributed by atoms with Gasteiger partial charge in [-0.1, -0.05) is 32.4 Å². The Balaban J connectivity index is 2.33. The fraction of sp³-hybridized carbons (Fsp3) is 0.357. The van der Waals surface area contributed by atoms with E-state index in [4.69, 9.17) is 17.3 Å². The topological polar surface area (TPSA) is 38.9 Å². The molecule has 1 aromatic carbocycles. The zero-order valence-electron chi connectivity index (χ0n) is 11.1. The van der Waals surface area contributed by atoms with Crippen LogP contribution in [0.15, 0.2) is 23.6 Å². The fourth-order valence-electron chi connectivity index (χ4n) is 1.59. The van der Waals surface area contributed by atoms with Crippen molar-refractivity contribution in [1.82, 2.24) is 4.98 Å². The summed E-state index contributed by atoms with van der Waals surface area (Å²) < 4.78 is 13.1. The number of rotatable bonds is 2. The van der Waals surface area contributed by atoms with Crippen molar-refractivity contribution in [2.75, 3.05) is 0 Å². The Hall–Kier alpha value is -0.970. The van der Waals surface area contributed by atoms with Crippen LogP contribution in [0.3, 0.4) is 0 Å². The summed E-state index contributed by atoms with van der Waals surface area (Å²) >= 11 is 7.30. The molecule has 1 unspecified atom stereocenters. The highest BCUT2D eigenvalue weighted by atomic mass is 35.5. The summed E-state index contributed by atoms with van der Waals surface area (Å²) in [6.07, 6.45) is 0. The zero-order chi connectivity index (χ0) is 14.2. The SMILES string of the molecule is CC(C)(C)C(N)c1nc(-c2ccc(F)c(Cl)c2)cs1. The van der Waals surface area contributed by atoms with Gasteiger partial charge in [0.05, 0.1) is 16.8 Å². The third kappa shape index (κ3) is 3.14. The molecular weight excluding hydrogens is 283 g/mol. The number of hydrogen-bond donors (Lipinski definition) is 1. The van der Waals surface area contributed by atoms with Gasteiger partial charge in [-0.2, -0.15) is 0 Å². The summed E-state index contributed by atoms with van der Waals surface area (Å²) in [5, 5.41) is 2.90. The van der Waals surface area contributed by atoms with Gasteiger partial charge in [0, 0.05) is 10.9 Å². The Morgan fingerprint density at radius 1 is 1.37 bits per heavy atom. The van der Waals surface area contributed by atoms with Gasteiger partial charge in [0.1, 0.15) is 10.8 Å². The second-order valence-corrected chi connectivity index (χ2v) is 6.84. The molecule has 0 bridgehead atoms. The van der Waals surface area contributed by atoms with Crippen molar-refractivity contribution in [2.24, 2.45) is 11.1 Å². The Morgan fingerprint density at radius 2 is 2.05 bits per heavy atom. The molecular formula is C14H16ClFN2S. The number of nitrogens with two attached hydrogens (primary N) is 1. The fourth-order valence-corrected chi connectivity index (χ4v) is 2.84. The molecule has 102 valence electrons. The molecule has 2 N–H and O–H groups in total. The van der Waals surface area contributed by atoms with Gasteiger partial charge in [-0.05, 0) is 23.6 Å². The predicted molar refractivity (Wildman–Crippen MR) is 78.9 cm³/mol. The first kappa shape index (κ1) is 14.4. The quantitative estimate of drug-likeness (QED) is 0.876. The molecule has 5 heteroatoms. The van der Waals surface area contributed by atoms with Crippen molar-refractivity contribution in [3.8, 4) is 11.3 Å². The van der Waals surface area contributed by atoms with Crippen LogP contribution >= 0.6 is 22.9 Å².